The number of rotatable bonds is 4. The molecule has 0 unspecified atom stereocenters. The molecule has 0 aliphatic carbocycles. The molecule has 0 saturated heterocycles. The maximum Gasteiger partial charge on any atom is 0.228 e. The van der Waals surface area contributed by atoms with Gasteiger partial charge in [-0.25, -0.2) is 14.5 Å². The van der Waals surface area contributed by atoms with Crippen LogP contribution < -0.4 is 14.2 Å². The number of methoxy groups -OCH3 is 2. The zero-order chi connectivity index (χ0) is 24.1. The van der Waals surface area contributed by atoms with Crippen molar-refractivity contribution in [1.82, 2.24) is 19.6 Å². The smallest absolute Gasteiger partial charge is 0.228 e. The van der Waals surface area contributed by atoms with E-state index in [0.717, 1.165) is 11.1 Å². The molecular formula is C26H20N4O5. The summed E-state index contributed by atoms with van der Waals surface area (Å²) in [5.41, 5.74) is 3.46. The van der Waals surface area contributed by atoms with Gasteiger partial charge in [0.2, 0.25) is 5.88 Å². The van der Waals surface area contributed by atoms with Crippen LogP contribution in [0.1, 0.15) is 22.6 Å². The number of para-hydroxylation sites is 1. The molecule has 0 radical (unpaired) electrons. The highest BCUT2D eigenvalue weighted by atomic mass is 16.5. The van der Waals surface area contributed by atoms with E-state index in [-0.39, 0.29) is 17.4 Å². The zero-order valence-corrected chi connectivity index (χ0v) is 18.8. The van der Waals surface area contributed by atoms with Crippen LogP contribution in [0.2, 0.25) is 0 Å². The lowest BCUT2D eigenvalue weighted by atomic mass is 9.83. The first-order valence-electron chi connectivity index (χ1n) is 10.8. The monoisotopic (exact) mass is 468 g/mol. The normalized spacial score (nSPS) is 14.2. The molecule has 2 aromatic heterocycles. The molecule has 0 fully saturated rings. The quantitative estimate of drug-likeness (QED) is 0.389. The van der Waals surface area contributed by atoms with E-state index < -0.39 is 0 Å². The highest BCUT2D eigenvalue weighted by molar-refractivity contribution is 5.71. The standard InChI is InChI=1S/C26H20N4O5/c1-33-19-10-7-14(11-21(19)34-2)22-17-9-8-15(31)12-20(17)35-26-23(22)25-28-24(29-30(25)13-27-26)16-5-3-4-6-18(16)32/h3-13,22,31-32H,1-2H3/t22-/m1/s1. The summed E-state index contributed by atoms with van der Waals surface area (Å²) < 4.78 is 18.6. The predicted molar refractivity (Wildman–Crippen MR) is 127 cm³/mol. The molecular weight excluding hydrogens is 448 g/mol. The number of fused-ring (bicyclic) bond motifs is 4. The summed E-state index contributed by atoms with van der Waals surface area (Å²) in [5.74, 6) is 2.21. The Morgan fingerprint density at radius 1 is 0.943 bits per heavy atom. The minimum absolute atomic E-state index is 0.0822. The van der Waals surface area contributed by atoms with Gasteiger partial charge in [0.25, 0.3) is 0 Å². The topological polar surface area (TPSA) is 111 Å². The van der Waals surface area contributed by atoms with E-state index in [9.17, 15) is 10.2 Å². The largest absolute Gasteiger partial charge is 0.508 e. The summed E-state index contributed by atoms with van der Waals surface area (Å²) in [6.07, 6.45) is 1.52. The van der Waals surface area contributed by atoms with Crippen molar-refractivity contribution in [2.75, 3.05) is 14.2 Å². The van der Waals surface area contributed by atoms with Gasteiger partial charge < -0.3 is 24.4 Å². The summed E-state index contributed by atoms with van der Waals surface area (Å²) in [5, 5.41) is 25.0. The van der Waals surface area contributed by atoms with Crippen LogP contribution in [-0.4, -0.2) is 44.0 Å². The fourth-order valence-corrected chi connectivity index (χ4v) is 4.46. The minimum Gasteiger partial charge on any atom is -0.508 e. The second kappa shape index (κ2) is 7.91. The molecule has 0 spiro atoms. The average Bonchev–Trinajstić information content (AvgIpc) is 3.31. The van der Waals surface area contributed by atoms with Crippen LogP contribution in [0.25, 0.3) is 17.0 Å². The van der Waals surface area contributed by atoms with Gasteiger partial charge in [-0.2, -0.15) is 0 Å². The van der Waals surface area contributed by atoms with Crippen LogP contribution in [0.3, 0.4) is 0 Å². The average molecular weight is 468 g/mol. The van der Waals surface area contributed by atoms with Gasteiger partial charge in [-0.3, -0.25) is 0 Å². The molecule has 3 aromatic carbocycles. The first-order chi connectivity index (χ1) is 17.1. The molecule has 5 aromatic rings. The third-order valence-corrected chi connectivity index (χ3v) is 6.08. The van der Waals surface area contributed by atoms with E-state index in [2.05, 4.69) is 10.1 Å². The molecule has 1 atom stereocenters. The van der Waals surface area contributed by atoms with Crippen molar-refractivity contribution in [2.24, 2.45) is 0 Å². The molecule has 1 aliphatic rings. The molecule has 0 amide bonds. The van der Waals surface area contributed by atoms with Gasteiger partial charge in [0.1, 0.15) is 23.6 Å². The lowest BCUT2D eigenvalue weighted by molar-refractivity contribution is 0.354. The Morgan fingerprint density at radius 3 is 2.57 bits per heavy atom. The van der Waals surface area contributed by atoms with Gasteiger partial charge in [-0.05, 0) is 35.9 Å². The van der Waals surface area contributed by atoms with Gasteiger partial charge in [0, 0.05) is 17.5 Å². The number of nitrogens with zero attached hydrogens (tertiary/aromatic N) is 4. The molecule has 0 saturated carbocycles. The number of benzene rings is 3. The Labute approximate surface area is 199 Å². The van der Waals surface area contributed by atoms with Crippen LogP contribution in [0.4, 0.5) is 0 Å². The van der Waals surface area contributed by atoms with Crippen LogP contribution in [0, 0.1) is 0 Å². The van der Waals surface area contributed by atoms with Crippen molar-refractivity contribution in [3.05, 3.63) is 83.7 Å². The number of aromatic hydroxyl groups is 2. The fraction of sp³-hybridized carbons (Fsp3) is 0.115. The van der Waals surface area contributed by atoms with Gasteiger partial charge in [-0.1, -0.05) is 24.3 Å². The first kappa shape index (κ1) is 20.8. The summed E-state index contributed by atoms with van der Waals surface area (Å²) >= 11 is 0. The summed E-state index contributed by atoms with van der Waals surface area (Å²) in [7, 11) is 3.17. The van der Waals surface area contributed by atoms with Crippen LogP contribution in [0.5, 0.6) is 34.6 Å². The Kier molecular flexibility index (Phi) is 4.70. The molecule has 1 aliphatic heterocycles. The van der Waals surface area contributed by atoms with Gasteiger partial charge in [0.15, 0.2) is 23.0 Å². The molecule has 0 bridgehead atoms. The molecule has 174 valence electrons. The fourth-order valence-electron chi connectivity index (χ4n) is 4.46. The number of hydrogen-bond acceptors (Lipinski definition) is 8. The molecule has 6 rings (SSSR count). The Morgan fingerprint density at radius 2 is 1.77 bits per heavy atom. The van der Waals surface area contributed by atoms with Crippen molar-refractivity contribution in [1.29, 1.82) is 0 Å². The maximum atomic E-state index is 10.3. The second-order valence-electron chi connectivity index (χ2n) is 8.06. The zero-order valence-electron chi connectivity index (χ0n) is 18.8. The second-order valence-corrected chi connectivity index (χ2v) is 8.06. The van der Waals surface area contributed by atoms with E-state index in [1.807, 2.05) is 30.3 Å². The van der Waals surface area contributed by atoms with E-state index in [4.69, 9.17) is 19.2 Å². The number of aromatic nitrogens is 4. The minimum atomic E-state index is -0.355. The van der Waals surface area contributed by atoms with E-state index in [1.165, 1.54) is 6.33 Å². The molecule has 2 N–H and O–H groups in total. The molecule has 9 heteroatoms. The Balaban J connectivity index is 1.62. The van der Waals surface area contributed by atoms with E-state index in [1.54, 1.807) is 49.1 Å². The summed E-state index contributed by atoms with van der Waals surface area (Å²) in [6.45, 7) is 0. The number of hydrogen-bond donors (Lipinski definition) is 2. The van der Waals surface area contributed by atoms with Crippen molar-refractivity contribution < 1.29 is 24.4 Å². The molecule has 3 heterocycles. The first-order valence-corrected chi connectivity index (χ1v) is 10.8. The third kappa shape index (κ3) is 3.28. The lowest BCUT2D eigenvalue weighted by Gasteiger charge is -2.28. The van der Waals surface area contributed by atoms with Crippen LogP contribution >= 0.6 is 0 Å². The number of ether oxygens (including phenoxy) is 3. The SMILES string of the molecule is COc1ccc([C@@H]2c3ccc(O)cc3Oc3ncn4nc(-c5ccccc5O)nc4c32)cc1OC. The highest BCUT2D eigenvalue weighted by Gasteiger charge is 2.34. The summed E-state index contributed by atoms with van der Waals surface area (Å²) in [4.78, 5) is 9.26. The highest BCUT2D eigenvalue weighted by Crippen LogP contribution is 2.49. The molecule has 35 heavy (non-hydrogen) atoms. The van der Waals surface area contributed by atoms with Gasteiger partial charge in [0.05, 0.1) is 25.3 Å². The van der Waals surface area contributed by atoms with E-state index in [0.29, 0.717) is 45.7 Å². The Hall–Kier alpha value is -4.79. The van der Waals surface area contributed by atoms with Crippen molar-refractivity contribution in [3.63, 3.8) is 0 Å². The van der Waals surface area contributed by atoms with Crippen molar-refractivity contribution >= 4 is 5.65 Å². The summed E-state index contributed by atoms with van der Waals surface area (Å²) in [6, 6.07) is 17.6. The number of phenols is 2. The van der Waals surface area contributed by atoms with Crippen molar-refractivity contribution in [3.8, 4) is 46.0 Å². The van der Waals surface area contributed by atoms with Crippen LogP contribution in [0.15, 0.2) is 67.0 Å². The van der Waals surface area contributed by atoms with Crippen molar-refractivity contribution in [2.45, 2.75) is 5.92 Å². The number of phenolic OH excluding ortho intramolecular Hbond substituents is 2. The third-order valence-electron chi connectivity index (χ3n) is 6.08. The lowest BCUT2D eigenvalue weighted by Crippen LogP contribution is -2.15. The predicted octanol–water partition coefficient (Wildman–Crippen LogP) is 4.51. The Bertz CT molecular complexity index is 1600. The molecule has 9 nitrogen and oxygen atoms in total. The van der Waals surface area contributed by atoms with Gasteiger partial charge in [-0.15, -0.1) is 5.10 Å². The van der Waals surface area contributed by atoms with E-state index >= 15 is 0 Å². The maximum absolute atomic E-state index is 10.3. The van der Waals surface area contributed by atoms with Crippen LogP contribution in [-0.2, 0) is 0 Å². The van der Waals surface area contributed by atoms with Gasteiger partial charge >= 0.3 is 0 Å².